The molecule has 2 aromatic rings. The Kier molecular flexibility index (Phi) is 2.05. The zero-order valence-corrected chi connectivity index (χ0v) is 8.50. The van der Waals surface area contributed by atoms with Gasteiger partial charge in [0.05, 0.1) is 15.8 Å². The van der Waals surface area contributed by atoms with Crippen molar-refractivity contribution in [2.75, 3.05) is 0 Å². The van der Waals surface area contributed by atoms with Gasteiger partial charge in [-0.2, -0.15) is 10.5 Å². The Hall–Kier alpha value is -1.69. The van der Waals surface area contributed by atoms with Crippen LogP contribution in [0.3, 0.4) is 0 Å². The molecule has 0 unspecified atom stereocenters. The molecule has 0 fully saturated rings. The SMILES string of the molecule is N#Cc1cc2s[nH]c(=S)c2cc1C#N. The van der Waals surface area contributed by atoms with Gasteiger partial charge in [0.2, 0.25) is 0 Å². The molecular formula is C9H3N3S2. The minimum atomic E-state index is 0.373. The smallest absolute Gasteiger partial charge is 0.121 e. The van der Waals surface area contributed by atoms with E-state index in [0.717, 1.165) is 10.1 Å². The summed E-state index contributed by atoms with van der Waals surface area (Å²) >= 11 is 6.41. The van der Waals surface area contributed by atoms with E-state index in [4.69, 9.17) is 22.7 Å². The summed E-state index contributed by atoms with van der Waals surface area (Å²) < 4.78 is 4.44. The Labute approximate surface area is 89.0 Å². The third-order valence-corrected chi connectivity index (χ3v) is 3.17. The highest BCUT2D eigenvalue weighted by Gasteiger charge is 2.06. The van der Waals surface area contributed by atoms with Gasteiger partial charge in [0, 0.05) is 5.39 Å². The summed E-state index contributed by atoms with van der Waals surface area (Å²) in [5, 5.41) is 18.4. The first kappa shape index (κ1) is 8.89. The second kappa shape index (κ2) is 3.22. The largest absolute Gasteiger partial charge is 0.301 e. The van der Waals surface area contributed by atoms with Crippen LogP contribution in [0.15, 0.2) is 12.1 Å². The van der Waals surface area contributed by atoms with Gasteiger partial charge in [-0.3, -0.25) is 0 Å². The predicted octanol–water partition coefficient (Wildman–Crippen LogP) is 2.70. The van der Waals surface area contributed by atoms with Crippen molar-refractivity contribution in [1.82, 2.24) is 4.37 Å². The topological polar surface area (TPSA) is 63.4 Å². The average molecular weight is 217 g/mol. The van der Waals surface area contributed by atoms with Gasteiger partial charge in [-0.1, -0.05) is 23.8 Å². The summed E-state index contributed by atoms with van der Waals surface area (Å²) in [7, 11) is 0. The molecule has 1 N–H and O–H groups in total. The minimum absolute atomic E-state index is 0.373. The number of nitrogens with one attached hydrogen (secondary N) is 1. The fraction of sp³-hybridized carbons (Fsp3) is 0. The lowest BCUT2D eigenvalue weighted by molar-refractivity contribution is 1.45. The number of hydrogen-bond donors (Lipinski definition) is 1. The third-order valence-electron chi connectivity index (χ3n) is 1.86. The number of nitrogens with zero attached hydrogens (tertiary/aromatic N) is 2. The van der Waals surface area contributed by atoms with Crippen LogP contribution in [0.1, 0.15) is 11.1 Å². The summed E-state index contributed by atoms with van der Waals surface area (Å²) in [6, 6.07) is 7.30. The van der Waals surface area contributed by atoms with Gasteiger partial charge in [-0.25, -0.2) is 0 Å². The molecule has 0 saturated carbocycles. The second-order valence-electron chi connectivity index (χ2n) is 2.65. The molecule has 0 spiro atoms. The lowest BCUT2D eigenvalue weighted by Gasteiger charge is -1.92. The quantitative estimate of drug-likeness (QED) is 0.690. The molecule has 1 aromatic carbocycles. The maximum atomic E-state index is 8.80. The van der Waals surface area contributed by atoms with E-state index in [1.165, 1.54) is 11.5 Å². The van der Waals surface area contributed by atoms with Gasteiger partial charge in [0.25, 0.3) is 0 Å². The number of rotatable bonds is 0. The van der Waals surface area contributed by atoms with E-state index in [-0.39, 0.29) is 0 Å². The van der Waals surface area contributed by atoms with Crippen LogP contribution in [0.5, 0.6) is 0 Å². The van der Waals surface area contributed by atoms with Gasteiger partial charge in [0.15, 0.2) is 0 Å². The van der Waals surface area contributed by atoms with Crippen LogP contribution in [0.25, 0.3) is 10.1 Å². The van der Waals surface area contributed by atoms with Crippen molar-refractivity contribution in [2.45, 2.75) is 0 Å². The first-order valence-electron chi connectivity index (χ1n) is 3.71. The summed E-state index contributed by atoms with van der Waals surface area (Å²) in [6.45, 7) is 0. The molecule has 1 heterocycles. The summed E-state index contributed by atoms with van der Waals surface area (Å²) in [5.74, 6) is 0. The lowest BCUT2D eigenvalue weighted by Crippen LogP contribution is -1.82. The Morgan fingerprint density at radius 3 is 2.50 bits per heavy atom. The number of fused-ring (bicyclic) bond motifs is 1. The Morgan fingerprint density at radius 2 is 1.86 bits per heavy atom. The molecular weight excluding hydrogens is 214 g/mol. The van der Waals surface area contributed by atoms with Crippen LogP contribution in [0.2, 0.25) is 0 Å². The summed E-state index contributed by atoms with van der Waals surface area (Å²) in [4.78, 5) is 0. The van der Waals surface area contributed by atoms with E-state index in [2.05, 4.69) is 4.37 Å². The van der Waals surface area contributed by atoms with Gasteiger partial charge in [-0.15, -0.1) is 0 Å². The van der Waals surface area contributed by atoms with Crippen molar-refractivity contribution >= 4 is 33.8 Å². The first-order chi connectivity index (χ1) is 6.76. The Morgan fingerprint density at radius 1 is 1.21 bits per heavy atom. The fourth-order valence-corrected chi connectivity index (χ4v) is 2.30. The summed E-state index contributed by atoms with van der Waals surface area (Å²) in [6.07, 6.45) is 0. The fourth-order valence-electron chi connectivity index (χ4n) is 1.18. The molecule has 0 aliphatic heterocycles. The van der Waals surface area contributed by atoms with E-state index in [1.54, 1.807) is 12.1 Å². The third kappa shape index (κ3) is 1.20. The molecule has 1 aromatic heterocycles. The Bertz CT molecular complexity index is 637. The van der Waals surface area contributed by atoms with E-state index in [1.807, 2.05) is 12.1 Å². The standard InChI is InChI=1S/C9H3N3S2/c10-3-5-1-7-8(2-6(5)4-11)14-12-9(7)13/h1-2H,(H,12,13). The van der Waals surface area contributed by atoms with Gasteiger partial charge >= 0.3 is 0 Å². The number of aromatic amines is 1. The highest BCUT2D eigenvalue weighted by atomic mass is 32.1. The maximum Gasteiger partial charge on any atom is 0.121 e. The van der Waals surface area contributed by atoms with Crippen molar-refractivity contribution < 1.29 is 0 Å². The normalized spacial score (nSPS) is 9.57. The van der Waals surface area contributed by atoms with E-state index >= 15 is 0 Å². The lowest BCUT2D eigenvalue weighted by atomic mass is 10.1. The highest BCUT2D eigenvalue weighted by molar-refractivity contribution is 7.71. The van der Waals surface area contributed by atoms with E-state index < -0.39 is 0 Å². The van der Waals surface area contributed by atoms with Crippen molar-refractivity contribution in [3.63, 3.8) is 0 Å². The van der Waals surface area contributed by atoms with Crippen molar-refractivity contribution in [3.8, 4) is 12.1 Å². The average Bonchev–Trinajstić information content (AvgIpc) is 2.58. The van der Waals surface area contributed by atoms with Gasteiger partial charge in [-0.05, 0) is 12.1 Å². The number of aromatic nitrogens is 1. The number of benzene rings is 1. The van der Waals surface area contributed by atoms with Crippen LogP contribution in [0, 0.1) is 27.3 Å². The predicted molar refractivity (Wildman–Crippen MR) is 56.4 cm³/mol. The van der Waals surface area contributed by atoms with Gasteiger partial charge < -0.3 is 4.37 Å². The molecule has 2 rings (SSSR count). The van der Waals surface area contributed by atoms with Crippen molar-refractivity contribution in [3.05, 3.63) is 27.9 Å². The van der Waals surface area contributed by atoms with Crippen LogP contribution < -0.4 is 0 Å². The Balaban J connectivity index is 2.95. The molecule has 14 heavy (non-hydrogen) atoms. The zero-order chi connectivity index (χ0) is 10.1. The van der Waals surface area contributed by atoms with E-state index in [0.29, 0.717) is 15.8 Å². The second-order valence-corrected chi connectivity index (χ2v) is 3.91. The number of nitriles is 2. The molecule has 0 bridgehead atoms. The van der Waals surface area contributed by atoms with Crippen LogP contribution >= 0.6 is 23.8 Å². The van der Waals surface area contributed by atoms with E-state index in [9.17, 15) is 0 Å². The van der Waals surface area contributed by atoms with Crippen molar-refractivity contribution in [1.29, 1.82) is 10.5 Å². The molecule has 0 radical (unpaired) electrons. The van der Waals surface area contributed by atoms with Crippen LogP contribution in [-0.2, 0) is 0 Å². The van der Waals surface area contributed by atoms with Crippen molar-refractivity contribution in [2.24, 2.45) is 0 Å². The number of H-pyrrole nitrogens is 1. The molecule has 0 saturated heterocycles. The molecule has 66 valence electrons. The molecule has 3 nitrogen and oxygen atoms in total. The van der Waals surface area contributed by atoms with Crippen LogP contribution in [-0.4, -0.2) is 4.37 Å². The highest BCUT2D eigenvalue weighted by Crippen LogP contribution is 2.23. The summed E-state index contributed by atoms with van der Waals surface area (Å²) in [5.41, 5.74) is 0.767. The van der Waals surface area contributed by atoms with Gasteiger partial charge in [0.1, 0.15) is 16.8 Å². The molecule has 0 atom stereocenters. The molecule has 0 amide bonds. The van der Waals surface area contributed by atoms with Crippen LogP contribution in [0.4, 0.5) is 0 Å². The maximum absolute atomic E-state index is 8.80. The molecule has 0 aliphatic carbocycles. The molecule has 5 heteroatoms. The minimum Gasteiger partial charge on any atom is -0.301 e. The monoisotopic (exact) mass is 217 g/mol. The molecule has 0 aliphatic rings. The number of hydrogen-bond acceptors (Lipinski definition) is 4. The zero-order valence-electron chi connectivity index (χ0n) is 6.87. The first-order valence-corrected chi connectivity index (χ1v) is 4.94.